The van der Waals surface area contributed by atoms with E-state index in [9.17, 15) is 18.4 Å². The maximum atomic E-state index is 13.8. The Morgan fingerprint density at radius 2 is 1.89 bits per heavy atom. The number of nitrogens with zero attached hydrogens (tertiary/aromatic N) is 2. The Labute approximate surface area is 161 Å². The third-order valence-corrected chi connectivity index (χ3v) is 5.06. The Hall–Kier alpha value is -3.39. The van der Waals surface area contributed by atoms with Crippen LogP contribution in [0.3, 0.4) is 0 Å². The minimum absolute atomic E-state index is 0.222. The van der Waals surface area contributed by atoms with Crippen molar-refractivity contribution in [1.82, 2.24) is 9.38 Å². The van der Waals surface area contributed by atoms with Gasteiger partial charge in [-0.25, -0.2) is 13.8 Å². The second kappa shape index (κ2) is 6.97. The lowest BCUT2D eigenvalue weighted by molar-refractivity contribution is 0.102. The molecule has 0 atom stereocenters. The van der Waals surface area contributed by atoms with Crippen LogP contribution >= 0.6 is 11.3 Å². The number of carbonyl (C=O) groups is 1. The van der Waals surface area contributed by atoms with Crippen molar-refractivity contribution in [1.29, 1.82) is 0 Å². The second-order valence-electron chi connectivity index (χ2n) is 6.16. The Balaban J connectivity index is 1.77. The van der Waals surface area contributed by atoms with Gasteiger partial charge in [0.2, 0.25) is 0 Å². The average molecular weight is 397 g/mol. The van der Waals surface area contributed by atoms with Crippen LogP contribution in [-0.2, 0) is 0 Å². The van der Waals surface area contributed by atoms with Gasteiger partial charge in [-0.3, -0.25) is 14.0 Å². The standard InChI is InChI=1S/C20H13F2N3O2S/c1-11-2-4-12(5-3-11)17-10-28-20-23-9-14(19(27)25(17)20)18(26)24-16-7-6-13(21)8-15(16)22/h2-10H,1H3,(H,24,26). The van der Waals surface area contributed by atoms with E-state index in [1.165, 1.54) is 15.7 Å². The summed E-state index contributed by atoms with van der Waals surface area (Å²) < 4.78 is 28.2. The minimum Gasteiger partial charge on any atom is -0.319 e. The Morgan fingerprint density at radius 3 is 2.61 bits per heavy atom. The number of thiazole rings is 1. The van der Waals surface area contributed by atoms with Gasteiger partial charge in [-0.05, 0) is 24.6 Å². The lowest BCUT2D eigenvalue weighted by atomic mass is 10.1. The molecule has 4 aromatic rings. The number of carbonyl (C=O) groups excluding carboxylic acids is 1. The Morgan fingerprint density at radius 1 is 1.14 bits per heavy atom. The molecule has 0 aliphatic heterocycles. The smallest absolute Gasteiger partial charge is 0.271 e. The first-order chi connectivity index (χ1) is 13.4. The Bertz CT molecular complexity index is 1260. The zero-order valence-corrected chi connectivity index (χ0v) is 15.4. The molecule has 28 heavy (non-hydrogen) atoms. The van der Waals surface area contributed by atoms with Gasteiger partial charge in [0, 0.05) is 17.6 Å². The second-order valence-corrected chi connectivity index (χ2v) is 7.00. The molecule has 0 spiro atoms. The molecular weight excluding hydrogens is 384 g/mol. The molecule has 0 saturated heterocycles. The number of amides is 1. The summed E-state index contributed by atoms with van der Waals surface area (Å²) in [5.41, 5.74) is 1.47. The third kappa shape index (κ3) is 3.18. The van der Waals surface area contributed by atoms with Crippen molar-refractivity contribution in [2.24, 2.45) is 0 Å². The first-order valence-corrected chi connectivity index (χ1v) is 9.15. The predicted octanol–water partition coefficient (Wildman–Crippen LogP) is 4.26. The van der Waals surface area contributed by atoms with Crippen LogP contribution in [-0.4, -0.2) is 15.3 Å². The molecule has 140 valence electrons. The van der Waals surface area contributed by atoms with E-state index in [4.69, 9.17) is 0 Å². The SMILES string of the molecule is Cc1ccc(-c2csc3ncc(C(=O)Nc4ccc(F)cc4F)c(=O)n23)cc1. The van der Waals surface area contributed by atoms with Gasteiger partial charge >= 0.3 is 0 Å². The summed E-state index contributed by atoms with van der Waals surface area (Å²) in [4.78, 5) is 30.1. The number of halogens is 2. The topological polar surface area (TPSA) is 63.5 Å². The van der Waals surface area contributed by atoms with Crippen LogP contribution in [0.25, 0.3) is 16.2 Å². The lowest BCUT2D eigenvalue weighted by Crippen LogP contribution is -2.26. The summed E-state index contributed by atoms with van der Waals surface area (Å²) in [6.07, 6.45) is 1.16. The number of hydrogen-bond donors (Lipinski definition) is 1. The maximum absolute atomic E-state index is 13.8. The lowest BCUT2D eigenvalue weighted by Gasteiger charge is -2.07. The van der Waals surface area contributed by atoms with E-state index < -0.39 is 23.1 Å². The van der Waals surface area contributed by atoms with E-state index in [0.717, 1.165) is 29.5 Å². The molecule has 0 aliphatic rings. The van der Waals surface area contributed by atoms with Gasteiger partial charge in [0.1, 0.15) is 17.2 Å². The molecule has 4 rings (SSSR count). The maximum Gasteiger partial charge on any atom is 0.271 e. The molecular formula is C20H13F2N3O2S. The zero-order valence-electron chi connectivity index (χ0n) is 14.6. The predicted molar refractivity (Wildman–Crippen MR) is 104 cm³/mol. The van der Waals surface area contributed by atoms with Gasteiger partial charge in [-0.1, -0.05) is 29.8 Å². The molecule has 1 amide bonds. The van der Waals surface area contributed by atoms with E-state index in [-0.39, 0.29) is 11.3 Å². The highest BCUT2D eigenvalue weighted by atomic mass is 32.1. The van der Waals surface area contributed by atoms with Crippen LogP contribution in [0.5, 0.6) is 0 Å². The summed E-state index contributed by atoms with van der Waals surface area (Å²) in [5, 5.41) is 4.08. The van der Waals surface area contributed by atoms with Gasteiger partial charge in [-0.2, -0.15) is 0 Å². The van der Waals surface area contributed by atoms with Crippen LogP contribution < -0.4 is 10.9 Å². The van der Waals surface area contributed by atoms with Crippen molar-refractivity contribution in [2.75, 3.05) is 5.32 Å². The zero-order chi connectivity index (χ0) is 19.8. The summed E-state index contributed by atoms with van der Waals surface area (Å²) >= 11 is 1.27. The largest absolute Gasteiger partial charge is 0.319 e. The quantitative estimate of drug-likeness (QED) is 0.562. The molecule has 0 radical (unpaired) electrons. The van der Waals surface area contributed by atoms with Gasteiger partial charge in [0.25, 0.3) is 11.5 Å². The monoisotopic (exact) mass is 397 g/mol. The number of hydrogen-bond acceptors (Lipinski definition) is 4. The van der Waals surface area contributed by atoms with E-state index in [1.54, 1.807) is 5.38 Å². The van der Waals surface area contributed by atoms with E-state index >= 15 is 0 Å². The molecule has 0 unspecified atom stereocenters. The fourth-order valence-electron chi connectivity index (χ4n) is 2.75. The van der Waals surface area contributed by atoms with Gasteiger partial charge in [0.05, 0.1) is 11.4 Å². The highest BCUT2D eigenvalue weighted by Gasteiger charge is 2.18. The van der Waals surface area contributed by atoms with E-state index in [2.05, 4.69) is 10.3 Å². The molecule has 0 bridgehead atoms. The molecule has 0 aliphatic carbocycles. The number of aromatic nitrogens is 2. The summed E-state index contributed by atoms with van der Waals surface area (Å²) in [6.45, 7) is 1.96. The van der Waals surface area contributed by atoms with Crippen molar-refractivity contribution >= 4 is 27.9 Å². The highest BCUT2D eigenvalue weighted by Crippen LogP contribution is 2.24. The minimum atomic E-state index is -0.932. The van der Waals surface area contributed by atoms with Crippen molar-refractivity contribution in [3.8, 4) is 11.3 Å². The molecule has 2 aromatic carbocycles. The van der Waals surface area contributed by atoms with Crippen molar-refractivity contribution in [2.45, 2.75) is 6.92 Å². The van der Waals surface area contributed by atoms with Crippen molar-refractivity contribution in [3.63, 3.8) is 0 Å². The van der Waals surface area contributed by atoms with E-state index in [1.807, 2.05) is 31.2 Å². The molecule has 8 heteroatoms. The van der Waals surface area contributed by atoms with Crippen LogP contribution in [0.15, 0.2) is 58.8 Å². The molecule has 0 fully saturated rings. The molecule has 2 aromatic heterocycles. The van der Waals surface area contributed by atoms with E-state index in [0.29, 0.717) is 16.7 Å². The number of aryl methyl sites for hydroxylation is 1. The van der Waals surface area contributed by atoms with Crippen molar-refractivity contribution in [3.05, 3.63) is 87.2 Å². The number of anilines is 1. The Kier molecular flexibility index (Phi) is 4.48. The average Bonchev–Trinajstić information content (AvgIpc) is 3.10. The highest BCUT2D eigenvalue weighted by molar-refractivity contribution is 7.15. The van der Waals surface area contributed by atoms with Crippen LogP contribution in [0.2, 0.25) is 0 Å². The van der Waals surface area contributed by atoms with Crippen LogP contribution in [0.1, 0.15) is 15.9 Å². The number of benzene rings is 2. The first kappa shape index (κ1) is 18.0. The van der Waals surface area contributed by atoms with Gasteiger partial charge in [-0.15, -0.1) is 11.3 Å². The fourth-order valence-corrected chi connectivity index (χ4v) is 3.61. The molecule has 2 heterocycles. The molecule has 1 N–H and O–H groups in total. The van der Waals surface area contributed by atoms with Crippen LogP contribution in [0, 0.1) is 18.6 Å². The number of nitrogens with one attached hydrogen (secondary N) is 1. The third-order valence-electron chi connectivity index (χ3n) is 4.22. The van der Waals surface area contributed by atoms with Gasteiger partial charge in [0.15, 0.2) is 4.96 Å². The molecule has 0 saturated carbocycles. The molecule has 5 nitrogen and oxygen atoms in total. The normalized spacial score (nSPS) is 11.0. The van der Waals surface area contributed by atoms with Crippen LogP contribution in [0.4, 0.5) is 14.5 Å². The van der Waals surface area contributed by atoms with Crippen molar-refractivity contribution < 1.29 is 13.6 Å². The number of fused-ring (bicyclic) bond motifs is 1. The number of rotatable bonds is 3. The summed E-state index contributed by atoms with van der Waals surface area (Å²) in [7, 11) is 0. The summed E-state index contributed by atoms with van der Waals surface area (Å²) in [5.74, 6) is -2.52. The fraction of sp³-hybridized carbons (Fsp3) is 0.0500. The first-order valence-electron chi connectivity index (χ1n) is 8.27. The van der Waals surface area contributed by atoms with Gasteiger partial charge < -0.3 is 5.32 Å². The summed E-state index contributed by atoms with van der Waals surface area (Å²) in [6, 6.07) is 10.4.